The number of fused-ring (bicyclic) bond motifs is 1. The Hall–Kier alpha value is -2.76. The molecule has 1 aromatic heterocycles. The Balaban J connectivity index is 2.12. The van der Waals surface area contributed by atoms with Crippen molar-refractivity contribution in [2.75, 3.05) is 13.7 Å². The minimum absolute atomic E-state index is 0.0383. The summed E-state index contributed by atoms with van der Waals surface area (Å²) in [5.41, 5.74) is 2.67. The van der Waals surface area contributed by atoms with Gasteiger partial charge in [0.05, 0.1) is 23.7 Å². The van der Waals surface area contributed by atoms with Gasteiger partial charge in [0.25, 0.3) is 0 Å². The summed E-state index contributed by atoms with van der Waals surface area (Å²) in [6.07, 6.45) is -1.07. The van der Waals surface area contributed by atoms with Crippen LogP contribution in [0.5, 0.6) is 11.5 Å². The molecule has 3 rings (SSSR count). The van der Waals surface area contributed by atoms with Gasteiger partial charge in [0, 0.05) is 0 Å². The van der Waals surface area contributed by atoms with E-state index in [0.29, 0.717) is 22.5 Å². The highest BCUT2D eigenvalue weighted by Crippen LogP contribution is 2.39. The van der Waals surface area contributed by atoms with Crippen LogP contribution in [0.15, 0.2) is 41.2 Å². The summed E-state index contributed by atoms with van der Waals surface area (Å²) >= 11 is 0. The Labute approximate surface area is 132 Å². The summed E-state index contributed by atoms with van der Waals surface area (Å²) < 4.78 is 24.1. The summed E-state index contributed by atoms with van der Waals surface area (Å²) in [4.78, 5) is 16.8. The van der Waals surface area contributed by atoms with Gasteiger partial charge < -0.3 is 19.4 Å². The van der Waals surface area contributed by atoms with Crippen molar-refractivity contribution in [3.05, 3.63) is 46.9 Å². The topological polar surface area (TPSA) is 67.1 Å². The van der Waals surface area contributed by atoms with Crippen molar-refractivity contribution in [1.29, 1.82) is 0 Å². The molecule has 2 N–H and O–H groups in total. The Morgan fingerprint density at radius 3 is 2.61 bits per heavy atom. The Morgan fingerprint density at radius 1 is 1.13 bits per heavy atom. The molecule has 0 amide bonds. The minimum Gasteiger partial charge on any atom is -0.496 e. The second-order valence-corrected chi connectivity index (χ2v) is 5.26. The third-order valence-electron chi connectivity index (χ3n) is 3.48. The molecular weight excluding hydrogens is 299 g/mol. The van der Waals surface area contributed by atoms with E-state index in [2.05, 4.69) is 9.97 Å². The van der Waals surface area contributed by atoms with Gasteiger partial charge in [-0.3, -0.25) is 0 Å². The molecule has 6 heteroatoms. The number of aromatic amines is 2. The van der Waals surface area contributed by atoms with E-state index in [1.807, 2.05) is 18.2 Å². The van der Waals surface area contributed by atoms with E-state index in [1.165, 1.54) is 6.92 Å². The molecule has 0 aliphatic heterocycles. The molecule has 0 aliphatic rings. The molecule has 0 aliphatic carbocycles. The van der Waals surface area contributed by atoms with Crippen molar-refractivity contribution in [1.82, 2.24) is 9.97 Å². The average molecular weight is 316 g/mol. The third kappa shape index (κ3) is 3.06. The van der Waals surface area contributed by atoms with Crippen molar-refractivity contribution in [3.63, 3.8) is 0 Å². The molecular formula is C17H17FN2O3. The number of imidazole rings is 1. The maximum absolute atomic E-state index is 13.1. The smallest absolute Gasteiger partial charge is 0.323 e. The van der Waals surface area contributed by atoms with Gasteiger partial charge in [0.15, 0.2) is 0 Å². The molecule has 0 fully saturated rings. The third-order valence-corrected chi connectivity index (χ3v) is 3.48. The van der Waals surface area contributed by atoms with Crippen molar-refractivity contribution in [2.24, 2.45) is 0 Å². The van der Waals surface area contributed by atoms with Crippen molar-refractivity contribution in [3.8, 4) is 22.6 Å². The van der Waals surface area contributed by atoms with Crippen LogP contribution < -0.4 is 15.2 Å². The van der Waals surface area contributed by atoms with Crippen LogP contribution in [0.2, 0.25) is 0 Å². The molecule has 23 heavy (non-hydrogen) atoms. The summed E-state index contributed by atoms with van der Waals surface area (Å²) in [6.45, 7) is 1.40. The number of hydrogen-bond donors (Lipinski definition) is 2. The van der Waals surface area contributed by atoms with Crippen LogP contribution in [0.25, 0.3) is 22.2 Å². The molecule has 0 bridgehead atoms. The first-order valence-electron chi connectivity index (χ1n) is 7.25. The predicted octanol–water partition coefficient (Wildman–Crippen LogP) is 3.27. The number of H-pyrrole nitrogens is 2. The first-order chi connectivity index (χ1) is 11.1. The molecule has 2 aromatic carbocycles. The Kier molecular flexibility index (Phi) is 4.06. The number of methoxy groups -OCH3 is 1. The predicted molar refractivity (Wildman–Crippen MR) is 87.0 cm³/mol. The van der Waals surface area contributed by atoms with Crippen LogP contribution in [0, 0.1) is 0 Å². The van der Waals surface area contributed by atoms with Crippen LogP contribution in [0.1, 0.15) is 6.92 Å². The van der Waals surface area contributed by atoms with Crippen LogP contribution >= 0.6 is 0 Å². The van der Waals surface area contributed by atoms with Crippen molar-refractivity contribution >= 4 is 11.0 Å². The number of nitrogens with one attached hydrogen (secondary N) is 2. The second kappa shape index (κ2) is 6.16. The SMILES string of the molecule is COc1cccc(OCC(C)F)c1-c1ccc2[nH]c(=O)[nH]c2c1. The van der Waals surface area contributed by atoms with Crippen molar-refractivity contribution < 1.29 is 13.9 Å². The van der Waals surface area contributed by atoms with Crippen LogP contribution in [0.3, 0.4) is 0 Å². The first-order valence-corrected chi connectivity index (χ1v) is 7.25. The van der Waals surface area contributed by atoms with Gasteiger partial charge in [-0.2, -0.15) is 0 Å². The van der Waals surface area contributed by atoms with E-state index in [-0.39, 0.29) is 12.3 Å². The average Bonchev–Trinajstić information content (AvgIpc) is 2.91. The fourth-order valence-corrected chi connectivity index (χ4v) is 2.48. The number of ether oxygens (including phenoxy) is 2. The highest BCUT2D eigenvalue weighted by atomic mass is 19.1. The van der Waals surface area contributed by atoms with Gasteiger partial charge in [-0.1, -0.05) is 12.1 Å². The summed E-state index contributed by atoms with van der Waals surface area (Å²) in [5.74, 6) is 1.15. The largest absolute Gasteiger partial charge is 0.496 e. The molecule has 1 atom stereocenters. The van der Waals surface area contributed by atoms with Gasteiger partial charge in [0.1, 0.15) is 24.3 Å². The zero-order valence-electron chi connectivity index (χ0n) is 12.9. The van der Waals surface area contributed by atoms with Crippen LogP contribution in [-0.2, 0) is 0 Å². The van der Waals surface area contributed by atoms with Gasteiger partial charge >= 0.3 is 5.69 Å². The van der Waals surface area contributed by atoms with Crippen LogP contribution in [0.4, 0.5) is 4.39 Å². The van der Waals surface area contributed by atoms with E-state index < -0.39 is 6.17 Å². The molecule has 3 aromatic rings. The maximum Gasteiger partial charge on any atom is 0.323 e. The molecule has 0 saturated heterocycles. The highest BCUT2D eigenvalue weighted by Gasteiger charge is 2.14. The van der Waals surface area contributed by atoms with Gasteiger partial charge in [-0.25, -0.2) is 9.18 Å². The molecule has 0 radical (unpaired) electrons. The Bertz CT molecular complexity index is 883. The van der Waals surface area contributed by atoms with Crippen LogP contribution in [-0.4, -0.2) is 29.9 Å². The normalized spacial score (nSPS) is 12.3. The number of alkyl halides is 1. The molecule has 120 valence electrons. The van der Waals surface area contributed by atoms with E-state index in [0.717, 1.165) is 11.1 Å². The quantitative estimate of drug-likeness (QED) is 0.759. The second-order valence-electron chi connectivity index (χ2n) is 5.26. The minimum atomic E-state index is -1.07. The highest BCUT2D eigenvalue weighted by molar-refractivity contribution is 5.85. The number of rotatable bonds is 5. The fourth-order valence-electron chi connectivity index (χ4n) is 2.48. The lowest BCUT2D eigenvalue weighted by Crippen LogP contribution is -2.09. The summed E-state index contributed by atoms with van der Waals surface area (Å²) in [6, 6.07) is 10.9. The van der Waals surface area contributed by atoms with Crippen molar-refractivity contribution in [2.45, 2.75) is 13.1 Å². The molecule has 1 unspecified atom stereocenters. The van der Waals surface area contributed by atoms with E-state index in [9.17, 15) is 9.18 Å². The maximum atomic E-state index is 13.1. The zero-order valence-corrected chi connectivity index (χ0v) is 12.9. The summed E-state index contributed by atoms with van der Waals surface area (Å²) in [5, 5.41) is 0. The zero-order chi connectivity index (χ0) is 16.4. The van der Waals surface area contributed by atoms with Gasteiger partial charge in [0.2, 0.25) is 0 Å². The lowest BCUT2D eigenvalue weighted by molar-refractivity contribution is 0.210. The fraction of sp³-hybridized carbons (Fsp3) is 0.235. The number of benzene rings is 2. The monoisotopic (exact) mass is 316 g/mol. The number of halogens is 1. The molecule has 0 saturated carbocycles. The lowest BCUT2D eigenvalue weighted by atomic mass is 10.0. The van der Waals surface area contributed by atoms with E-state index >= 15 is 0 Å². The van der Waals surface area contributed by atoms with E-state index in [4.69, 9.17) is 9.47 Å². The Morgan fingerprint density at radius 2 is 1.87 bits per heavy atom. The molecule has 0 spiro atoms. The molecule has 1 heterocycles. The summed E-state index contributed by atoms with van der Waals surface area (Å²) in [7, 11) is 1.57. The molecule has 5 nitrogen and oxygen atoms in total. The number of aromatic nitrogens is 2. The first kappa shape index (κ1) is 15.1. The van der Waals surface area contributed by atoms with Gasteiger partial charge in [-0.05, 0) is 36.8 Å². The van der Waals surface area contributed by atoms with Gasteiger partial charge in [-0.15, -0.1) is 0 Å². The van der Waals surface area contributed by atoms with E-state index in [1.54, 1.807) is 25.3 Å². The standard InChI is InChI=1S/C17H17FN2O3/c1-10(18)9-23-15-5-3-4-14(22-2)16(15)11-6-7-12-13(8-11)20-17(21)19-12/h3-8,10H,9H2,1-2H3,(H2,19,20,21). The lowest BCUT2D eigenvalue weighted by Gasteiger charge is -2.15. The number of hydrogen-bond acceptors (Lipinski definition) is 3.